The summed E-state index contributed by atoms with van der Waals surface area (Å²) in [5.41, 5.74) is 2.79. The minimum Gasteiger partial charge on any atom is -0.465 e. The summed E-state index contributed by atoms with van der Waals surface area (Å²) in [6.07, 6.45) is 3.55. The van der Waals surface area contributed by atoms with Crippen LogP contribution in [0.25, 0.3) is 0 Å². The van der Waals surface area contributed by atoms with Crippen LogP contribution in [0.15, 0.2) is 30.3 Å². The van der Waals surface area contributed by atoms with Gasteiger partial charge in [-0.05, 0) is 42.6 Å². The Morgan fingerprint density at radius 1 is 1.21 bits per heavy atom. The number of ether oxygens (including phenoxy) is 1. The molecule has 2 N–H and O–H groups in total. The fraction of sp³-hybridized carbons (Fsp3) is 0.333. The van der Waals surface area contributed by atoms with Gasteiger partial charge in [0.2, 0.25) is 5.91 Å². The van der Waals surface area contributed by atoms with E-state index in [-0.39, 0.29) is 30.5 Å². The molecule has 0 atom stereocenters. The number of aryl methyl sites for hydroxylation is 1. The molecule has 0 saturated heterocycles. The number of fused-ring (bicyclic) bond motifs is 1. The number of anilines is 1. The number of esters is 1. The molecule has 1 heterocycles. The maximum absolute atomic E-state index is 12.0. The summed E-state index contributed by atoms with van der Waals surface area (Å²) in [5, 5.41) is 15.7. The molecule has 1 aromatic carbocycles. The van der Waals surface area contributed by atoms with Gasteiger partial charge >= 0.3 is 5.97 Å². The van der Waals surface area contributed by atoms with Crippen molar-refractivity contribution in [2.24, 2.45) is 0 Å². The zero-order valence-electron chi connectivity index (χ0n) is 15.8. The van der Waals surface area contributed by atoms with Crippen LogP contribution in [0.3, 0.4) is 0 Å². The monoisotopic (exact) mass is 427 g/mol. The van der Waals surface area contributed by atoms with Crippen LogP contribution >= 0.6 is 23.6 Å². The Hall–Kier alpha value is -2.76. The summed E-state index contributed by atoms with van der Waals surface area (Å²) < 4.78 is 5.16. The molecule has 29 heavy (non-hydrogen) atoms. The van der Waals surface area contributed by atoms with Crippen LogP contribution < -0.4 is 10.6 Å². The van der Waals surface area contributed by atoms with Gasteiger partial charge in [0, 0.05) is 17.7 Å². The Morgan fingerprint density at radius 2 is 2.00 bits per heavy atom. The van der Waals surface area contributed by atoms with Crippen LogP contribution in [0.2, 0.25) is 0 Å². The number of nitrogens with zero attached hydrogens (tertiary/aromatic N) is 1. The van der Waals surface area contributed by atoms with Crippen molar-refractivity contribution in [2.45, 2.75) is 38.5 Å². The lowest BCUT2D eigenvalue weighted by Crippen LogP contribution is -2.34. The second-order valence-electron chi connectivity index (χ2n) is 6.63. The maximum Gasteiger partial charge on any atom is 0.306 e. The third kappa shape index (κ3) is 5.86. The van der Waals surface area contributed by atoms with Crippen molar-refractivity contribution in [3.05, 3.63) is 51.9 Å². The minimum atomic E-state index is -0.420. The highest BCUT2D eigenvalue weighted by atomic mass is 32.1. The first-order valence-corrected chi connectivity index (χ1v) is 10.6. The van der Waals surface area contributed by atoms with Gasteiger partial charge in [0.15, 0.2) is 5.11 Å². The normalized spacial score (nSPS) is 12.0. The van der Waals surface area contributed by atoms with Crippen LogP contribution in [-0.2, 0) is 33.6 Å². The maximum atomic E-state index is 12.0. The Kier molecular flexibility index (Phi) is 7.33. The molecule has 2 aromatic rings. The number of amides is 1. The zero-order chi connectivity index (χ0) is 20.6. The van der Waals surface area contributed by atoms with E-state index in [1.54, 1.807) is 0 Å². The first-order chi connectivity index (χ1) is 14.1. The summed E-state index contributed by atoms with van der Waals surface area (Å²) in [4.78, 5) is 25.0. The molecule has 0 radical (unpaired) electrons. The average molecular weight is 428 g/mol. The van der Waals surface area contributed by atoms with E-state index in [9.17, 15) is 14.9 Å². The molecule has 0 unspecified atom stereocenters. The fourth-order valence-electron chi connectivity index (χ4n) is 3.15. The molecule has 0 fully saturated rings. The number of nitrogens with one attached hydrogen (secondary N) is 2. The van der Waals surface area contributed by atoms with E-state index in [1.165, 1.54) is 16.2 Å². The molecule has 8 heteroatoms. The van der Waals surface area contributed by atoms with Crippen molar-refractivity contribution in [1.29, 1.82) is 5.26 Å². The number of thiocarbonyl (C=S) groups is 1. The quantitative estimate of drug-likeness (QED) is 0.519. The molecular formula is C21H21N3O3S2. The molecule has 0 spiro atoms. The Bertz CT molecular complexity index is 948. The second kappa shape index (κ2) is 10.1. The number of rotatable bonds is 7. The van der Waals surface area contributed by atoms with Gasteiger partial charge in [-0.25, -0.2) is 0 Å². The first kappa shape index (κ1) is 21.0. The van der Waals surface area contributed by atoms with E-state index in [1.807, 2.05) is 30.3 Å². The standard InChI is InChI=1S/C21H21N3O3S2/c22-13-16-15-7-4-8-17(15)29-20(16)24-21(28)23-18(25)9-10-19(26)27-12-11-14-5-2-1-3-6-14/h1-3,5-6H,4,7-12H2,(H2,23,24,25,28). The van der Waals surface area contributed by atoms with Crippen LogP contribution in [0.1, 0.15) is 40.8 Å². The summed E-state index contributed by atoms with van der Waals surface area (Å²) in [7, 11) is 0. The summed E-state index contributed by atoms with van der Waals surface area (Å²) >= 11 is 6.68. The third-order valence-corrected chi connectivity index (χ3v) is 5.98. The lowest BCUT2D eigenvalue weighted by molar-refractivity contribution is -0.144. The van der Waals surface area contributed by atoms with E-state index >= 15 is 0 Å². The highest BCUT2D eigenvalue weighted by Gasteiger charge is 2.22. The van der Waals surface area contributed by atoms with E-state index < -0.39 is 5.97 Å². The van der Waals surface area contributed by atoms with Crippen molar-refractivity contribution < 1.29 is 14.3 Å². The molecule has 0 bridgehead atoms. The van der Waals surface area contributed by atoms with Crippen LogP contribution in [0.5, 0.6) is 0 Å². The molecule has 1 aliphatic carbocycles. The molecule has 6 nitrogen and oxygen atoms in total. The molecule has 1 aromatic heterocycles. The molecule has 0 saturated carbocycles. The fourth-order valence-corrected chi connectivity index (χ4v) is 4.67. The number of carbonyl (C=O) groups excluding carboxylic acids is 2. The second-order valence-corrected chi connectivity index (χ2v) is 8.15. The number of nitriles is 1. The number of hydrogen-bond donors (Lipinski definition) is 2. The van der Waals surface area contributed by atoms with Gasteiger partial charge in [0.1, 0.15) is 11.1 Å². The van der Waals surface area contributed by atoms with Crippen molar-refractivity contribution >= 4 is 45.5 Å². The smallest absolute Gasteiger partial charge is 0.306 e. The third-order valence-electron chi connectivity index (χ3n) is 4.57. The predicted molar refractivity (Wildman–Crippen MR) is 116 cm³/mol. The van der Waals surface area contributed by atoms with E-state index in [2.05, 4.69) is 16.7 Å². The highest BCUT2D eigenvalue weighted by molar-refractivity contribution is 7.80. The number of carbonyl (C=O) groups is 2. The Labute approximate surface area is 178 Å². The van der Waals surface area contributed by atoms with Crippen molar-refractivity contribution in [3.8, 4) is 6.07 Å². The highest BCUT2D eigenvalue weighted by Crippen LogP contribution is 2.38. The van der Waals surface area contributed by atoms with Crippen molar-refractivity contribution in [2.75, 3.05) is 11.9 Å². The van der Waals surface area contributed by atoms with E-state index in [0.29, 0.717) is 17.0 Å². The van der Waals surface area contributed by atoms with E-state index in [0.717, 1.165) is 30.4 Å². The first-order valence-electron chi connectivity index (χ1n) is 9.42. The largest absolute Gasteiger partial charge is 0.465 e. The van der Waals surface area contributed by atoms with Crippen LogP contribution in [0.4, 0.5) is 5.00 Å². The molecule has 3 rings (SSSR count). The van der Waals surface area contributed by atoms with Gasteiger partial charge in [-0.1, -0.05) is 30.3 Å². The van der Waals surface area contributed by atoms with Crippen LogP contribution in [-0.4, -0.2) is 23.6 Å². The molecular weight excluding hydrogens is 406 g/mol. The Morgan fingerprint density at radius 3 is 2.76 bits per heavy atom. The van der Waals surface area contributed by atoms with Gasteiger partial charge in [-0.2, -0.15) is 5.26 Å². The summed E-state index contributed by atoms with van der Waals surface area (Å²) in [6, 6.07) is 12.0. The molecule has 150 valence electrons. The van der Waals surface area contributed by atoms with Gasteiger partial charge < -0.3 is 15.4 Å². The zero-order valence-corrected chi connectivity index (χ0v) is 17.5. The molecule has 1 aliphatic rings. The predicted octanol–water partition coefficient (Wildman–Crippen LogP) is 3.49. The number of hydrogen-bond acceptors (Lipinski definition) is 6. The summed E-state index contributed by atoms with van der Waals surface area (Å²) in [5.74, 6) is -0.790. The van der Waals surface area contributed by atoms with Gasteiger partial charge in [-0.15, -0.1) is 11.3 Å². The van der Waals surface area contributed by atoms with Crippen LogP contribution in [0, 0.1) is 11.3 Å². The minimum absolute atomic E-state index is 0.0139. The van der Waals surface area contributed by atoms with Crippen molar-refractivity contribution in [3.63, 3.8) is 0 Å². The van der Waals surface area contributed by atoms with Gasteiger partial charge in [0.25, 0.3) is 0 Å². The number of benzene rings is 1. The summed E-state index contributed by atoms with van der Waals surface area (Å²) in [6.45, 7) is 0.282. The topological polar surface area (TPSA) is 91.2 Å². The molecule has 1 amide bonds. The van der Waals surface area contributed by atoms with Crippen molar-refractivity contribution in [1.82, 2.24) is 5.32 Å². The average Bonchev–Trinajstić information content (AvgIpc) is 3.27. The van der Waals surface area contributed by atoms with Gasteiger partial charge in [-0.3, -0.25) is 9.59 Å². The lowest BCUT2D eigenvalue weighted by Gasteiger charge is -2.09. The molecule has 0 aliphatic heterocycles. The number of thiophene rings is 1. The van der Waals surface area contributed by atoms with E-state index in [4.69, 9.17) is 17.0 Å². The lowest BCUT2D eigenvalue weighted by atomic mass is 10.1. The SMILES string of the molecule is N#Cc1c(NC(=S)NC(=O)CCC(=O)OCCc2ccccc2)sc2c1CCC2. The van der Waals surface area contributed by atoms with Gasteiger partial charge in [0.05, 0.1) is 18.6 Å². The Balaban J connectivity index is 1.37.